The zero-order chi connectivity index (χ0) is 4.99. The van der Waals surface area contributed by atoms with E-state index in [1.54, 1.807) is 0 Å². The lowest BCUT2D eigenvalue weighted by atomic mass is 10.6. The minimum atomic E-state index is 0. The first-order valence-electron chi connectivity index (χ1n) is 2.77. The summed E-state index contributed by atoms with van der Waals surface area (Å²) >= 11 is 0. The highest BCUT2D eigenvalue weighted by atomic mass is 28.2. The Morgan fingerprint density at radius 1 is 1.43 bits per heavy atom. The summed E-state index contributed by atoms with van der Waals surface area (Å²) in [5.41, 5.74) is 1.04. The van der Waals surface area contributed by atoms with Crippen LogP contribution in [-0.4, -0.2) is 9.52 Å². The monoisotopic (exact) mass is 118 g/mol. The zero-order valence-electron chi connectivity index (χ0n) is 4.99. The van der Waals surface area contributed by atoms with E-state index in [-0.39, 0.29) is 7.43 Å². The molecule has 0 atom stereocenters. The molecule has 0 saturated carbocycles. The largest absolute Gasteiger partial charge is 0.0776 e. The van der Waals surface area contributed by atoms with E-state index in [4.69, 9.17) is 0 Å². The molecule has 0 unspecified atom stereocenters. The fourth-order valence-electron chi connectivity index (χ4n) is 0.577. The molecule has 0 aliphatic heterocycles. The van der Waals surface area contributed by atoms with Gasteiger partial charge in [-0.25, -0.2) is 0 Å². The van der Waals surface area contributed by atoms with Gasteiger partial charge in [0.05, 0.1) is 0 Å². The van der Waals surface area contributed by atoms with Crippen LogP contribution in [0.15, 0.2) is 0 Å². The van der Waals surface area contributed by atoms with Crippen LogP contribution < -0.4 is 0 Å². The molecule has 0 spiro atoms. The molecule has 1 heteroatoms. The van der Waals surface area contributed by atoms with Crippen molar-refractivity contribution in [3.8, 4) is 0 Å². The number of rotatable bonds is 2. The molecule has 0 radical (unpaired) electrons. The van der Waals surface area contributed by atoms with Gasteiger partial charge in [0.2, 0.25) is 0 Å². The molecule has 0 nitrogen and oxygen atoms in total. The molecular formula is C6H18Si. The summed E-state index contributed by atoms with van der Waals surface area (Å²) in [6, 6.07) is 1.47. The molecule has 0 rings (SSSR count). The van der Waals surface area contributed by atoms with E-state index in [2.05, 4.69) is 20.8 Å². The minimum Gasteiger partial charge on any atom is -0.0776 e. The third kappa shape index (κ3) is 10.7. The van der Waals surface area contributed by atoms with Gasteiger partial charge in [-0.05, 0) is 0 Å². The normalized spacial score (nSPS) is 10.3. The second-order valence-electron chi connectivity index (χ2n) is 2.18. The highest BCUT2D eigenvalue weighted by Crippen LogP contribution is 1.97. The van der Waals surface area contributed by atoms with E-state index < -0.39 is 0 Å². The number of hydrogen-bond acceptors (Lipinski definition) is 0. The first kappa shape index (κ1) is 10.2. The Morgan fingerprint density at radius 3 is 1.86 bits per heavy atom. The van der Waals surface area contributed by atoms with Gasteiger partial charge in [0.1, 0.15) is 0 Å². The third-order valence-corrected chi connectivity index (χ3v) is 2.60. The van der Waals surface area contributed by atoms with Crippen molar-refractivity contribution in [3.63, 3.8) is 0 Å². The molecule has 0 aliphatic rings. The Labute approximate surface area is 50.1 Å². The summed E-state index contributed by atoms with van der Waals surface area (Å²) in [7, 11) is 0.356. The third-order valence-electron chi connectivity index (χ3n) is 0.866. The summed E-state index contributed by atoms with van der Waals surface area (Å²) in [5, 5.41) is 0. The maximum absolute atomic E-state index is 2.32. The molecule has 0 N–H and O–H groups in total. The molecule has 0 fully saturated rings. The van der Waals surface area contributed by atoms with E-state index in [9.17, 15) is 0 Å². The van der Waals surface area contributed by atoms with Gasteiger partial charge in [-0.1, -0.05) is 39.8 Å². The lowest BCUT2D eigenvalue weighted by Gasteiger charge is -1.94. The fraction of sp³-hybridized carbons (Fsp3) is 1.00. The molecule has 0 aromatic rings. The molecule has 0 saturated heterocycles. The summed E-state index contributed by atoms with van der Waals surface area (Å²) in [6.07, 6.45) is 0. The maximum Gasteiger partial charge on any atom is 0.0222 e. The van der Waals surface area contributed by atoms with Gasteiger partial charge in [0, 0.05) is 9.52 Å². The second kappa shape index (κ2) is 6.22. The maximum atomic E-state index is 2.32. The Morgan fingerprint density at radius 2 is 1.86 bits per heavy atom. The van der Waals surface area contributed by atoms with Crippen LogP contribution in [0.2, 0.25) is 11.6 Å². The second-order valence-corrected chi connectivity index (χ2v) is 5.39. The summed E-state index contributed by atoms with van der Waals surface area (Å²) < 4.78 is 0. The van der Waals surface area contributed by atoms with E-state index >= 15 is 0 Å². The molecule has 46 valence electrons. The van der Waals surface area contributed by atoms with Crippen LogP contribution in [0.4, 0.5) is 0 Å². The van der Waals surface area contributed by atoms with Crippen molar-refractivity contribution in [3.05, 3.63) is 0 Å². The van der Waals surface area contributed by atoms with Gasteiger partial charge in [-0.2, -0.15) is 0 Å². The van der Waals surface area contributed by atoms with Crippen molar-refractivity contribution in [1.82, 2.24) is 0 Å². The molecule has 0 amide bonds. The number of hydrogen-bond donors (Lipinski definition) is 0. The van der Waals surface area contributed by atoms with Gasteiger partial charge in [-0.15, -0.1) is 0 Å². The van der Waals surface area contributed by atoms with Crippen LogP contribution in [0.1, 0.15) is 28.2 Å². The van der Waals surface area contributed by atoms with E-state index in [1.807, 2.05) is 0 Å². The van der Waals surface area contributed by atoms with Crippen molar-refractivity contribution >= 4 is 9.52 Å². The average molecular weight is 118 g/mol. The van der Waals surface area contributed by atoms with Crippen molar-refractivity contribution in [2.24, 2.45) is 0 Å². The zero-order valence-corrected chi connectivity index (χ0v) is 6.41. The molecule has 7 heavy (non-hydrogen) atoms. The topological polar surface area (TPSA) is 0 Å². The SMILES string of the molecule is C.CC[SiH2]C(C)C. The Hall–Kier alpha value is 0.217. The summed E-state index contributed by atoms with van der Waals surface area (Å²) in [6.45, 7) is 6.91. The summed E-state index contributed by atoms with van der Waals surface area (Å²) in [4.78, 5) is 0. The van der Waals surface area contributed by atoms with Crippen molar-refractivity contribution in [2.75, 3.05) is 0 Å². The first-order chi connectivity index (χ1) is 2.77. The molecular weight excluding hydrogens is 100 g/mol. The van der Waals surface area contributed by atoms with Gasteiger partial charge in [0.25, 0.3) is 0 Å². The molecule has 0 aromatic heterocycles. The van der Waals surface area contributed by atoms with Crippen LogP contribution in [0.3, 0.4) is 0 Å². The van der Waals surface area contributed by atoms with E-state index in [1.165, 1.54) is 6.04 Å². The Bertz CT molecular complexity index is 25.4. The Balaban J connectivity index is 0. The van der Waals surface area contributed by atoms with E-state index in [0.29, 0.717) is 9.52 Å². The molecule has 0 aromatic carbocycles. The van der Waals surface area contributed by atoms with Gasteiger partial charge in [0.15, 0.2) is 0 Å². The van der Waals surface area contributed by atoms with Gasteiger partial charge < -0.3 is 0 Å². The molecule has 0 aliphatic carbocycles. The lowest BCUT2D eigenvalue weighted by Crippen LogP contribution is -1.89. The predicted molar refractivity (Wildman–Crippen MR) is 40.9 cm³/mol. The first-order valence-corrected chi connectivity index (χ1v) is 4.59. The van der Waals surface area contributed by atoms with Crippen LogP contribution in [0.5, 0.6) is 0 Å². The van der Waals surface area contributed by atoms with Crippen LogP contribution in [0.25, 0.3) is 0 Å². The minimum absolute atomic E-state index is 0. The average Bonchev–Trinajstić information content (AvgIpc) is 1.35. The standard InChI is InChI=1S/C5H14Si.CH4/c1-4-6-5(2)3;/h5H,4,6H2,1-3H3;1H4. The molecule has 0 bridgehead atoms. The van der Waals surface area contributed by atoms with Crippen LogP contribution >= 0.6 is 0 Å². The van der Waals surface area contributed by atoms with Crippen molar-refractivity contribution < 1.29 is 0 Å². The van der Waals surface area contributed by atoms with Gasteiger partial charge in [-0.3, -0.25) is 0 Å². The Kier molecular flexibility index (Phi) is 9.10. The highest BCUT2D eigenvalue weighted by molar-refractivity contribution is 6.36. The van der Waals surface area contributed by atoms with Crippen molar-refractivity contribution in [1.29, 1.82) is 0 Å². The van der Waals surface area contributed by atoms with Crippen LogP contribution in [-0.2, 0) is 0 Å². The highest BCUT2D eigenvalue weighted by Gasteiger charge is 1.87. The lowest BCUT2D eigenvalue weighted by molar-refractivity contribution is 1.05. The fourth-order valence-corrected chi connectivity index (χ4v) is 1.73. The van der Waals surface area contributed by atoms with Crippen LogP contribution in [0, 0.1) is 0 Å². The van der Waals surface area contributed by atoms with Crippen molar-refractivity contribution in [2.45, 2.75) is 39.8 Å². The molecule has 0 heterocycles. The smallest absolute Gasteiger partial charge is 0.0222 e. The van der Waals surface area contributed by atoms with Gasteiger partial charge >= 0.3 is 0 Å². The summed E-state index contributed by atoms with van der Waals surface area (Å²) in [5.74, 6) is 0. The quantitative estimate of drug-likeness (QED) is 0.487. The predicted octanol–water partition coefficient (Wildman–Crippen LogP) is 2.06. The van der Waals surface area contributed by atoms with E-state index in [0.717, 1.165) is 5.54 Å².